The molecule has 0 aromatic heterocycles. The van der Waals surface area contributed by atoms with E-state index in [0.29, 0.717) is 18.6 Å². The van der Waals surface area contributed by atoms with E-state index in [2.05, 4.69) is 40.0 Å². The van der Waals surface area contributed by atoms with Gasteiger partial charge in [0.2, 0.25) is 0 Å². The average Bonchev–Trinajstić information content (AvgIpc) is 3.29. The topological polar surface area (TPSA) is 156 Å². The minimum absolute atomic E-state index is 0.314. The predicted octanol–water partition coefficient (Wildman–Crippen LogP) is 9.47. The molecule has 0 aliphatic rings. The SMILES string of the molecule is CCC(=O)CCCC[Si](OC)(OC)OC.CCCCC[Si](OC)(OC)OC.CCCOCCC[Si](C)(C)O[Si](C)(C)CC[Si](OC)(OC)OC.CCOCCC[Si](OC)(OC)OC. The Kier molecular flexibility index (Phi) is 47.1. The fraction of sp³-hybridized carbons (Fsp3) is 0.976. The molecular formula is C41H100O16Si6. The van der Waals surface area contributed by atoms with E-state index in [-0.39, 0.29) is 0 Å². The molecule has 63 heavy (non-hydrogen) atoms. The summed E-state index contributed by atoms with van der Waals surface area (Å²) in [7, 11) is 6.77. The number of unbranched alkanes of at least 4 members (excludes halogenated alkanes) is 3. The van der Waals surface area contributed by atoms with E-state index >= 15 is 0 Å². The number of ether oxygens (including phenoxy) is 2. The van der Waals surface area contributed by atoms with Crippen molar-refractivity contribution in [2.24, 2.45) is 0 Å². The highest BCUT2D eigenvalue weighted by atomic mass is 28.4. The van der Waals surface area contributed by atoms with Gasteiger partial charge in [-0.05, 0) is 83.7 Å². The standard InChI is InChI=1S/C15H38O5Si3.C10H22O4Si.C8H20O4Si.C8H20O3Si/c1-9-11-19-12-10-13-21(5,6)20-22(7,8)14-15-23(16-2,17-3)18-4;1-5-10(11)8-6-7-9-15(12-2,13-3)14-4;1-5-12-7-6-8-13(9-2,10-3)11-4;1-5-6-7-8-12(9-2,10-3)11-4/h9-15H2,1-8H3;5-9H2,1-4H3;5-8H2,1-4H3;5-8H2,1-4H3. The molecule has 0 unspecified atom stereocenters. The monoisotopic (exact) mass is 1020 g/mol. The van der Waals surface area contributed by atoms with Crippen LogP contribution in [0, 0.1) is 0 Å². The Hall–Kier alpha value is 0.371. The molecule has 0 aliphatic heterocycles. The van der Waals surface area contributed by atoms with Crippen molar-refractivity contribution in [2.75, 3.05) is 112 Å². The van der Waals surface area contributed by atoms with Gasteiger partial charge in [-0.3, -0.25) is 4.79 Å². The molecule has 0 saturated heterocycles. The van der Waals surface area contributed by atoms with Gasteiger partial charge in [0, 0.05) is 149 Å². The van der Waals surface area contributed by atoms with Crippen molar-refractivity contribution in [3.63, 3.8) is 0 Å². The van der Waals surface area contributed by atoms with E-state index in [1.165, 1.54) is 12.8 Å². The van der Waals surface area contributed by atoms with Crippen LogP contribution in [0.5, 0.6) is 0 Å². The van der Waals surface area contributed by atoms with Crippen molar-refractivity contribution >= 4 is 57.6 Å². The van der Waals surface area contributed by atoms with Crippen molar-refractivity contribution in [2.45, 2.75) is 154 Å². The van der Waals surface area contributed by atoms with Gasteiger partial charge in [-0.2, -0.15) is 0 Å². The van der Waals surface area contributed by atoms with Gasteiger partial charge in [0.15, 0.2) is 16.6 Å². The number of rotatable bonds is 38. The number of carbonyl (C=O) groups excluding carboxylic acids is 1. The normalized spacial score (nSPS) is 12.5. The van der Waals surface area contributed by atoms with Gasteiger partial charge in [0.05, 0.1) is 0 Å². The highest BCUT2D eigenvalue weighted by Gasteiger charge is 2.42. The fourth-order valence-corrected chi connectivity index (χ4v) is 24.2. The van der Waals surface area contributed by atoms with Crippen LogP contribution in [0.3, 0.4) is 0 Å². The second-order valence-corrected chi connectivity index (χ2v) is 37.1. The number of hydrogen-bond acceptors (Lipinski definition) is 16. The second-order valence-electron chi connectivity index (χ2n) is 15.9. The van der Waals surface area contributed by atoms with Gasteiger partial charge in [-0.1, -0.05) is 33.6 Å². The third-order valence-electron chi connectivity index (χ3n) is 10.4. The van der Waals surface area contributed by atoms with Crippen molar-refractivity contribution in [1.29, 1.82) is 0 Å². The molecule has 0 atom stereocenters. The lowest BCUT2D eigenvalue weighted by molar-refractivity contribution is -0.118. The second kappa shape index (κ2) is 42.5. The summed E-state index contributed by atoms with van der Waals surface area (Å²) in [6, 6.07) is 5.46. The molecule has 0 spiro atoms. The molecule has 384 valence electrons. The molecule has 0 saturated carbocycles. The average molecular weight is 1020 g/mol. The number of Topliss-reactive ketones (excluding diaryl/α,β-unsaturated/α-hetero) is 1. The first-order chi connectivity index (χ1) is 29.8. The first-order valence-corrected chi connectivity index (χ1v) is 36.7. The van der Waals surface area contributed by atoms with Gasteiger partial charge in [-0.25, -0.2) is 0 Å². The summed E-state index contributed by atoms with van der Waals surface area (Å²) in [5.74, 6) is 0.314. The maximum atomic E-state index is 11.1. The molecule has 22 heteroatoms. The highest BCUT2D eigenvalue weighted by Crippen LogP contribution is 2.28. The Morgan fingerprint density at radius 2 is 0.714 bits per heavy atom. The first kappa shape index (κ1) is 69.9. The van der Waals surface area contributed by atoms with Crippen LogP contribution in [0.1, 0.15) is 91.9 Å². The smallest absolute Gasteiger partial charge is 0.456 e. The lowest BCUT2D eigenvalue weighted by Crippen LogP contribution is -2.48. The molecule has 0 bridgehead atoms. The zero-order valence-electron chi connectivity index (χ0n) is 44.2. The molecular weight excluding hydrogens is 917 g/mol. The van der Waals surface area contributed by atoms with E-state index < -0.39 is 51.9 Å². The zero-order valence-corrected chi connectivity index (χ0v) is 50.2. The van der Waals surface area contributed by atoms with E-state index in [1.54, 1.807) is 85.3 Å². The summed E-state index contributed by atoms with van der Waals surface area (Å²) < 4.78 is 81.4. The molecule has 0 aromatic carbocycles. The largest absolute Gasteiger partial charge is 0.500 e. The molecule has 0 amide bonds. The summed E-state index contributed by atoms with van der Waals surface area (Å²) in [4.78, 5) is 11.1. The van der Waals surface area contributed by atoms with Crippen molar-refractivity contribution in [3.8, 4) is 0 Å². The van der Waals surface area contributed by atoms with Crippen molar-refractivity contribution in [3.05, 3.63) is 0 Å². The van der Waals surface area contributed by atoms with Gasteiger partial charge >= 0.3 is 35.2 Å². The fourth-order valence-electron chi connectivity index (χ4n) is 6.34. The zero-order chi connectivity index (χ0) is 49.3. The lowest BCUT2D eigenvalue weighted by Gasteiger charge is -2.35. The predicted molar refractivity (Wildman–Crippen MR) is 268 cm³/mol. The summed E-state index contributed by atoms with van der Waals surface area (Å²) in [6.45, 7) is 20.6. The highest BCUT2D eigenvalue weighted by molar-refractivity contribution is 6.85. The summed E-state index contributed by atoms with van der Waals surface area (Å²) in [5, 5.41) is 0. The summed E-state index contributed by atoms with van der Waals surface area (Å²) in [6.07, 6.45) is 9.71. The van der Waals surface area contributed by atoms with Crippen LogP contribution in [0.15, 0.2) is 0 Å². The van der Waals surface area contributed by atoms with Crippen LogP contribution >= 0.6 is 0 Å². The Morgan fingerprint density at radius 3 is 1.08 bits per heavy atom. The minimum atomic E-state index is -2.49. The van der Waals surface area contributed by atoms with Crippen LogP contribution in [-0.2, 0) is 71.5 Å². The molecule has 0 aliphatic carbocycles. The van der Waals surface area contributed by atoms with Crippen LogP contribution < -0.4 is 0 Å². The van der Waals surface area contributed by atoms with Crippen LogP contribution in [-0.4, -0.2) is 169 Å². The van der Waals surface area contributed by atoms with E-state index in [0.717, 1.165) is 101 Å². The summed E-state index contributed by atoms with van der Waals surface area (Å²) >= 11 is 0. The third-order valence-corrected chi connectivity index (χ3v) is 29.5. The Labute approximate surface area is 393 Å². The quantitative estimate of drug-likeness (QED) is 0.0425. The van der Waals surface area contributed by atoms with Crippen LogP contribution in [0.4, 0.5) is 0 Å². The molecule has 0 heterocycles. The van der Waals surface area contributed by atoms with E-state index in [1.807, 2.05) is 13.8 Å². The number of ketones is 1. The molecule has 0 radical (unpaired) electrons. The number of carbonyl (C=O) groups is 1. The number of hydrogen-bond donors (Lipinski definition) is 0. The van der Waals surface area contributed by atoms with Crippen LogP contribution in [0.25, 0.3) is 0 Å². The Bertz CT molecular complexity index is 973. The van der Waals surface area contributed by atoms with Crippen molar-refractivity contribution < 1.29 is 71.5 Å². The molecule has 0 N–H and O–H groups in total. The molecule has 0 fully saturated rings. The minimum Gasteiger partial charge on any atom is -0.456 e. The third kappa shape index (κ3) is 35.2. The van der Waals surface area contributed by atoms with E-state index in [4.69, 9.17) is 66.7 Å². The molecule has 16 nitrogen and oxygen atoms in total. The first-order valence-electron chi connectivity index (χ1n) is 22.8. The van der Waals surface area contributed by atoms with E-state index in [9.17, 15) is 4.79 Å². The van der Waals surface area contributed by atoms with Gasteiger partial charge in [0.1, 0.15) is 5.78 Å². The lowest BCUT2D eigenvalue weighted by atomic mass is 10.1. The van der Waals surface area contributed by atoms with Gasteiger partial charge < -0.3 is 66.7 Å². The Balaban J connectivity index is -0.000000383. The van der Waals surface area contributed by atoms with Crippen molar-refractivity contribution in [1.82, 2.24) is 0 Å². The maximum Gasteiger partial charge on any atom is 0.500 e. The maximum absolute atomic E-state index is 11.1. The van der Waals surface area contributed by atoms with Gasteiger partial charge in [-0.15, -0.1) is 0 Å². The Morgan fingerprint density at radius 1 is 0.365 bits per heavy atom. The summed E-state index contributed by atoms with van der Waals surface area (Å²) in [5.41, 5.74) is 0. The van der Waals surface area contributed by atoms with Gasteiger partial charge in [0.25, 0.3) is 0 Å². The molecule has 0 aromatic rings. The molecule has 0 rings (SSSR count). The van der Waals surface area contributed by atoms with Crippen LogP contribution in [0.2, 0.25) is 62.5 Å².